The summed E-state index contributed by atoms with van der Waals surface area (Å²) in [5.74, 6) is -4.41. The van der Waals surface area contributed by atoms with E-state index in [0.717, 1.165) is 22.6 Å². The van der Waals surface area contributed by atoms with Gasteiger partial charge in [0.25, 0.3) is 5.91 Å². The summed E-state index contributed by atoms with van der Waals surface area (Å²) in [7, 11) is 6.32. The van der Waals surface area contributed by atoms with Gasteiger partial charge >= 0.3 is 6.10 Å². The van der Waals surface area contributed by atoms with Crippen LogP contribution < -0.4 is 21.7 Å². The quantitative estimate of drug-likeness (QED) is 0.0579. The fourth-order valence-electron chi connectivity index (χ4n) is 4.00. The van der Waals surface area contributed by atoms with Gasteiger partial charge < -0.3 is 52.1 Å². The van der Waals surface area contributed by atoms with E-state index in [2.05, 4.69) is 25.9 Å². The minimum absolute atomic E-state index is 0.0104. The molecule has 16 nitrogen and oxygen atoms in total. The van der Waals surface area contributed by atoms with Crippen LogP contribution in [0.5, 0.6) is 0 Å². The van der Waals surface area contributed by atoms with E-state index in [1.807, 2.05) is 32.9 Å². The number of aliphatic hydroxyl groups is 5. The number of rotatable bonds is 16. The molecule has 0 aliphatic rings. The van der Waals surface area contributed by atoms with Crippen LogP contribution in [0, 0.1) is 0 Å². The molecule has 45 heavy (non-hydrogen) atoms. The van der Waals surface area contributed by atoms with Gasteiger partial charge in [-0.15, -0.1) is 0 Å². The maximum Gasteiger partial charge on any atom is 0.349 e. The predicted molar refractivity (Wildman–Crippen MR) is 166 cm³/mol. The number of benzene rings is 1. The van der Waals surface area contributed by atoms with Gasteiger partial charge in [-0.05, 0) is 51.3 Å². The Hall–Kier alpha value is -4.13. The molecule has 244 valence electrons. The molecule has 1 heterocycles. The van der Waals surface area contributed by atoms with Gasteiger partial charge in [-0.2, -0.15) is 4.90 Å². The first kappa shape index (κ1) is 37.1. The van der Waals surface area contributed by atoms with Crippen molar-refractivity contribution in [3.05, 3.63) is 53.4 Å². The highest BCUT2D eigenvalue weighted by Gasteiger charge is 2.40. The van der Waals surface area contributed by atoms with Gasteiger partial charge in [-0.25, -0.2) is 9.97 Å². The largest absolute Gasteiger partial charge is 0.366 e. The van der Waals surface area contributed by atoms with Crippen molar-refractivity contribution in [2.75, 3.05) is 30.8 Å². The minimum Gasteiger partial charge on any atom is -0.366 e. The molecule has 3 amide bonds. The van der Waals surface area contributed by atoms with Gasteiger partial charge in [0, 0.05) is 37.9 Å². The molecule has 2 rings (SSSR count). The second kappa shape index (κ2) is 15.7. The average molecular weight is 628 g/mol. The Morgan fingerprint density at radius 3 is 2.31 bits per heavy atom. The molecule has 0 aliphatic carbocycles. The first-order valence-electron chi connectivity index (χ1n) is 14.1. The molecular weight excluding hydrogens is 587 g/mol. The molecule has 0 bridgehead atoms. The molecule has 0 unspecified atom stereocenters. The maximum atomic E-state index is 12.7. The molecule has 17 heteroatoms. The van der Waals surface area contributed by atoms with E-state index in [1.54, 1.807) is 12.1 Å². The van der Waals surface area contributed by atoms with Crippen molar-refractivity contribution in [3.63, 3.8) is 0 Å². The van der Waals surface area contributed by atoms with Gasteiger partial charge in [0.15, 0.2) is 25.2 Å². The summed E-state index contributed by atoms with van der Waals surface area (Å²) in [6.07, 6.45) is -0.798. The van der Waals surface area contributed by atoms with Crippen molar-refractivity contribution in [1.82, 2.24) is 25.1 Å². The van der Waals surface area contributed by atoms with Crippen molar-refractivity contribution < 1.29 is 39.9 Å². The molecule has 1 atom stereocenters. The van der Waals surface area contributed by atoms with E-state index in [1.165, 1.54) is 14.0 Å². The monoisotopic (exact) mass is 628 g/mol. The number of amides is 3. The van der Waals surface area contributed by atoms with Crippen molar-refractivity contribution in [2.45, 2.75) is 64.5 Å². The van der Waals surface area contributed by atoms with E-state index >= 15 is 0 Å². The standard InChI is InChI=1S/C28H41BN8O8/c1-6-20-24(32-16(2)3)35-25(22(34-20)23(30)39)33-19-10-7-9-18(15-19)12-13-31-26(40)17(4)36(5)21(38)11-8-14-37(27(29,41)42)28(43,44)45/h7-11,15-17,41-45H,6,12-14H2,1-5H3,(H2,30,39)(H,31,40)(H2,32,33,35)/b11-8+/t17-/m0/s1. The molecule has 1 aromatic heterocycles. The molecule has 0 saturated heterocycles. The van der Waals surface area contributed by atoms with Crippen LogP contribution in [0.1, 0.15) is 49.4 Å². The minimum atomic E-state index is -3.68. The Balaban J connectivity index is 2.02. The highest BCUT2D eigenvalue weighted by molar-refractivity contribution is 6.12. The number of primary amides is 1. The number of aryl methyl sites for hydroxylation is 1. The lowest BCUT2D eigenvalue weighted by Gasteiger charge is -2.37. The van der Waals surface area contributed by atoms with Gasteiger partial charge in [-0.3, -0.25) is 14.4 Å². The van der Waals surface area contributed by atoms with Gasteiger partial charge in [0.05, 0.1) is 5.69 Å². The molecule has 2 radical (unpaired) electrons. The van der Waals surface area contributed by atoms with E-state index in [0.29, 0.717) is 30.0 Å². The van der Waals surface area contributed by atoms with E-state index in [9.17, 15) is 39.9 Å². The number of likely N-dealkylation sites (N-methyl/N-ethyl adjacent to an activating group) is 1. The lowest BCUT2D eigenvalue weighted by molar-refractivity contribution is -0.440. The Kier molecular flexibility index (Phi) is 13.0. The van der Waals surface area contributed by atoms with Crippen LogP contribution in [0.25, 0.3) is 0 Å². The fraction of sp³-hybridized carbons (Fsp3) is 0.464. The molecule has 10 N–H and O–H groups in total. The lowest BCUT2D eigenvalue weighted by atomic mass is 10.0. The van der Waals surface area contributed by atoms with E-state index < -0.39 is 42.2 Å². The molecular formula is C28H41BN8O8. The van der Waals surface area contributed by atoms with Crippen LogP contribution >= 0.6 is 0 Å². The van der Waals surface area contributed by atoms with Gasteiger partial charge in [0.1, 0.15) is 11.9 Å². The Morgan fingerprint density at radius 2 is 1.76 bits per heavy atom. The summed E-state index contributed by atoms with van der Waals surface area (Å²) >= 11 is 0. The normalized spacial score (nSPS) is 12.8. The highest BCUT2D eigenvalue weighted by Crippen LogP contribution is 2.23. The number of aromatic nitrogens is 2. The summed E-state index contributed by atoms with van der Waals surface area (Å²) in [6.45, 7) is 6.80. The van der Waals surface area contributed by atoms with Crippen molar-refractivity contribution in [3.8, 4) is 0 Å². The smallest absolute Gasteiger partial charge is 0.349 e. The van der Waals surface area contributed by atoms with Crippen LogP contribution in [0.2, 0.25) is 0 Å². The average Bonchev–Trinajstić information content (AvgIpc) is 2.92. The van der Waals surface area contributed by atoms with Crippen LogP contribution in [-0.2, 0) is 22.4 Å². The van der Waals surface area contributed by atoms with Gasteiger partial charge in [0.2, 0.25) is 11.8 Å². The van der Waals surface area contributed by atoms with Crippen molar-refractivity contribution in [1.29, 1.82) is 0 Å². The van der Waals surface area contributed by atoms with Crippen LogP contribution in [-0.4, -0.2) is 115 Å². The van der Waals surface area contributed by atoms with Crippen LogP contribution in [0.15, 0.2) is 36.4 Å². The van der Waals surface area contributed by atoms with Crippen molar-refractivity contribution in [2.24, 2.45) is 5.73 Å². The third-order valence-electron chi connectivity index (χ3n) is 6.48. The third-order valence-corrected chi connectivity index (χ3v) is 6.48. The topological polar surface area (TPSA) is 247 Å². The number of anilines is 3. The third kappa shape index (κ3) is 11.1. The Bertz CT molecular complexity index is 1360. The SMILES string of the molecule is [B]C(O)(O)N(C/C=C/C(=O)N(C)[C@@H](C)C(=O)NCCc1cccc(Nc2nc(NC(C)C)c(CC)nc2C(N)=O)c1)C(O)(O)O. The lowest BCUT2D eigenvalue weighted by Crippen LogP contribution is -2.61. The second-order valence-electron chi connectivity index (χ2n) is 10.5. The van der Waals surface area contributed by atoms with E-state index in [4.69, 9.17) is 13.6 Å². The summed E-state index contributed by atoms with van der Waals surface area (Å²) in [5, 5.41) is 55.4. The van der Waals surface area contributed by atoms with Crippen LogP contribution in [0.4, 0.5) is 17.3 Å². The zero-order chi connectivity index (χ0) is 34.1. The first-order valence-corrected chi connectivity index (χ1v) is 14.1. The number of carbonyl (C=O) groups excluding carboxylic acids is 3. The number of nitrogens with two attached hydrogens (primary N) is 1. The Morgan fingerprint density at radius 1 is 1.09 bits per heavy atom. The zero-order valence-electron chi connectivity index (χ0n) is 25.9. The number of carbonyl (C=O) groups is 3. The molecule has 1 aromatic carbocycles. The maximum absolute atomic E-state index is 12.7. The number of nitrogens with zero attached hydrogens (tertiary/aromatic N) is 4. The first-order chi connectivity index (χ1) is 20.8. The second-order valence-corrected chi connectivity index (χ2v) is 10.5. The fourth-order valence-corrected chi connectivity index (χ4v) is 4.00. The summed E-state index contributed by atoms with van der Waals surface area (Å²) in [5.41, 5.74) is 7.67. The summed E-state index contributed by atoms with van der Waals surface area (Å²) < 4.78 is 0. The number of hydrogen-bond acceptors (Lipinski definition) is 13. The van der Waals surface area contributed by atoms with Crippen LogP contribution in [0.3, 0.4) is 0 Å². The molecule has 0 aliphatic heterocycles. The number of nitrogens with one attached hydrogen (secondary N) is 3. The summed E-state index contributed by atoms with van der Waals surface area (Å²) in [4.78, 5) is 47.3. The molecule has 2 aromatic rings. The zero-order valence-corrected chi connectivity index (χ0v) is 25.9. The van der Waals surface area contributed by atoms with E-state index in [-0.39, 0.29) is 29.0 Å². The molecule has 0 saturated carbocycles. The van der Waals surface area contributed by atoms with Gasteiger partial charge in [-0.1, -0.05) is 25.1 Å². The number of hydrogen-bond donors (Lipinski definition) is 9. The Labute approximate surface area is 262 Å². The molecule has 0 fully saturated rings. The predicted octanol–water partition coefficient (Wildman–Crippen LogP) is -1.58. The van der Waals surface area contributed by atoms with Crippen molar-refractivity contribution >= 4 is 42.9 Å². The highest BCUT2D eigenvalue weighted by atomic mass is 16.7. The summed E-state index contributed by atoms with van der Waals surface area (Å²) in [6, 6.07) is 6.43. The molecule has 0 spiro atoms.